The highest BCUT2D eigenvalue weighted by atomic mass is 32.1. The Balaban J connectivity index is 2.23. The first-order valence-electron chi connectivity index (χ1n) is 8.33. The van der Waals surface area contributed by atoms with E-state index in [0.29, 0.717) is 17.2 Å². The number of carbonyl (C=O) groups excluding carboxylic acids is 1. The van der Waals surface area contributed by atoms with Crippen LogP contribution in [0.4, 0.5) is 10.7 Å². The molecular weight excluding hydrogens is 352 g/mol. The van der Waals surface area contributed by atoms with Gasteiger partial charge >= 0.3 is 0 Å². The number of fused-ring (bicyclic) bond motifs is 1. The number of aliphatic carboxylic acids is 1. The van der Waals surface area contributed by atoms with Gasteiger partial charge in [0.05, 0.1) is 15.9 Å². The molecule has 26 heavy (non-hydrogen) atoms. The van der Waals surface area contributed by atoms with Crippen LogP contribution in [0.2, 0.25) is 0 Å². The fourth-order valence-electron chi connectivity index (χ4n) is 3.43. The van der Waals surface area contributed by atoms with Gasteiger partial charge in [0, 0.05) is 34.9 Å². The van der Waals surface area contributed by atoms with E-state index in [2.05, 4.69) is 19.2 Å². The highest BCUT2D eigenvalue weighted by molar-refractivity contribution is 7.14. The van der Waals surface area contributed by atoms with Crippen molar-refractivity contribution in [1.29, 1.82) is 0 Å². The lowest BCUT2D eigenvalue weighted by Crippen LogP contribution is -2.32. The Morgan fingerprint density at radius 1 is 1.38 bits per heavy atom. The number of nitrogens with zero attached hydrogens (tertiary/aromatic N) is 1. The predicted molar refractivity (Wildman–Crippen MR) is 99.1 cm³/mol. The van der Waals surface area contributed by atoms with Crippen LogP contribution in [-0.4, -0.2) is 10.9 Å². The number of benzene rings is 1. The summed E-state index contributed by atoms with van der Waals surface area (Å²) in [6.07, 6.45) is 0.804. The number of nitro benzene ring substituents is 1. The van der Waals surface area contributed by atoms with Crippen molar-refractivity contribution in [2.75, 3.05) is 5.32 Å². The van der Waals surface area contributed by atoms with Crippen molar-refractivity contribution < 1.29 is 14.8 Å². The van der Waals surface area contributed by atoms with Gasteiger partial charge in [-0.25, -0.2) is 0 Å². The number of nitrogens with one attached hydrogen (secondary N) is 1. The van der Waals surface area contributed by atoms with Crippen LogP contribution in [0, 0.1) is 16.0 Å². The molecule has 2 aromatic rings. The summed E-state index contributed by atoms with van der Waals surface area (Å²) in [5, 5.41) is 29.2. The Kier molecular flexibility index (Phi) is 4.82. The quantitative estimate of drug-likeness (QED) is 0.642. The molecule has 0 saturated heterocycles. The molecule has 7 heteroatoms. The molecule has 6 nitrogen and oxygen atoms in total. The Hall–Kier alpha value is -2.67. The van der Waals surface area contributed by atoms with Crippen LogP contribution in [-0.2, 0) is 11.2 Å². The largest absolute Gasteiger partial charge is 0.545 e. The van der Waals surface area contributed by atoms with E-state index in [-0.39, 0.29) is 11.3 Å². The SMILES string of the molecule is CC1=C(C(=O)[O-])C(c2cccc([N+](=O)[O-])c2)c2c(CC(C)C)csc2N1. The van der Waals surface area contributed by atoms with E-state index in [9.17, 15) is 20.0 Å². The highest BCUT2D eigenvalue weighted by Crippen LogP contribution is 2.47. The number of allylic oxidation sites excluding steroid dienone is 1. The van der Waals surface area contributed by atoms with E-state index in [1.54, 1.807) is 19.1 Å². The molecule has 0 fully saturated rings. The summed E-state index contributed by atoms with van der Waals surface area (Å²) < 4.78 is 0. The van der Waals surface area contributed by atoms with Crippen molar-refractivity contribution in [3.8, 4) is 0 Å². The van der Waals surface area contributed by atoms with Gasteiger partial charge in [0.15, 0.2) is 0 Å². The maximum atomic E-state index is 11.9. The molecule has 3 rings (SSSR count). The standard InChI is InChI=1S/C19H20N2O4S/c1-10(2)7-13-9-26-18-17(13)16(15(19(22)23)11(3)20-18)12-5-4-6-14(8-12)21(24)25/h4-6,8-10,16,20H,7H2,1-3H3,(H,22,23)/p-1. The number of hydrogen-bond donors (Lipinski definition) is 1. The summed E-state index contributed by atoms with van der Waals surface area (Å²) in [6, 6.07) is 6.18. The number of carboxylic acids is 1. The van der Waals surface area contributed by atoms with E-state index in [4.69, 9.17) is 0 Å². The van der Waals surface area contributed by atoms with E-state index in [0.717, 1.165) is 22.5 Å². The summed E-state index contributed by atoms with van der Waals surface area (Å²) >= 11 is 1.53. The van der Waals surface area contributed by atoms with Gasteiger partial charge in [-0.2, -0.15) is 0 Å². The average molecular weight is 371 g/mol. The molecule has 0 bridgehead atoms. The first kappa shape index (κ1) is 18.1. The summed E-state index contributed by atoms with van der Waals surface area (Å²) in [5.41, 5.74) is 3.11. The summed E-state index contributed by atoms with van der Waals surface area (Å²) in [4.78, 5) is 22.6. The number of hydrogen-bond acceptors (Lipinski definition) is 6. The first-order chi connectivity index (χ1) is 12.3. The number of thiophene rings is 1. The highest BCUT2D eigenvalue weighted by Gasteiger charge is 2.33. The molecule has 1 aromatic carbocycles. The number of carboxylic acid groups (broad SMARTS) is 1. The fraction of sp³-hybridized carbons (Fsp3) is 0.316. The van der Waals surface area contributed by atoms with Crippen LogP contribution in [0.1, 0.15) is 43.4 Å². The molecule has 136 valence electrons. The minimum absolute atomic E-state index is 0.0569. The zero-order valence-electron chi connectivity index (χ0n) is 14.7. The maximum Gasteiger partial charge on any atom is 0.269 e. The van der Waals surface area contributed by atoms with Crippen LogP contribution in [0.25, 0.3) is 0 Å². The summed E-state index contributed by atoms with van der Waals surface area (Å²) in [6.45, 7) is 5.90. The van der Waals surface area contributed by atoms with Crippen molar-refractivity contribution in [1.82, 2.24) is 0 Å². The molecule has 1 aliphatic heterocycles. The topological polar surface area (TPSA) is 95.3 Å². The van der Waals surface area contributed by atoms with Crippen molar-refractivity contribution in [2.45, 2.75) is 33.1 Å². The van der Waals surface area contributed by atoms with E-state index >= 15 is 0 Å². The molecule has 1 N–H and O–H groups in total. The number of anilines is 1. The van der Waals surface area contributed by atoms with Crippen LogP contribution < -0.4 is 10.4 Å². The van der Waals surface area contributed by atoms with Gasteiger partial charge in [-0.3, -0.25) is 10.1 Å². The zero-order chi connectivity index (χ0) is 19.0. The molecule has 0 aliphatic carbocycles. The van der Waals surface area contributed by atoms with Crippen molar-refractivity contribution in [3.05, 3.63) is 67.7 Å². The third-order valence-electron chi connectivity index (χ3n) is 4.45. The molecule has 1 unspecified atom stereocenters. The lowest BCUT2D eigenvalue weighted by Gasteiger charge is -2.31. The lowest BCUT2D eigenvalue weighted by atomic mass is 9.80. The third-order valence-corrected chi connectivity index (χ3v) is 5.41. The molecule has 1 aliphatic rings. The smallest absolute Gasteiger partial charge is 0.269 e. The van der Waals surface area contributed by atoms with Gasteiger partial charge in [0.1, 0.15) is 0 Å². The van der Waals surface area contributed by atoms with E-state index in [1.165, 1.54) is 23.5 Å². The molecular formula is C19H19N2O4S-. The number of rotatable bonds is 5. The molecule has 1 aromatic heterocycles. The van der Waals surface area contributed by atoms with Gasteiger partial charge in [-0.15, -0.1) is 11.3 Å². The van der Waals surface area contributed by atoms with Crippen LogP contribution in [0.15, 0.2) is 40.9 Å². The summed E-state index contributed by atoms with van der Waals surface area (Å²) in [5.74, 6) is -1.45. The average Bonchev–Trinajstić information content (AvgIpc) is 2.95. The van der Waals surface area contributed by atoms with Crippen LogP contribution in [0.3, 0.4) is 0 Å². The lowest BCUT2D eigenvalue weighted by molar-refractivity contribution is -0.384. The second kappa shape index (κ2) is 6.92. The van der Waals surface area contributed by atoms with E-state index < -0.39 is 16.8 Å². The van der Waals surface area contributed by atoms with Crippen LogP contribution in [0.5, 0.6) is 0 Å². The van der Waals surface area contributed by atoms with Gasteiger partial charge in [-0.05, 0) is 35.8 Å². The second-order valence-corrected chi connectivity index (χ2v) is 7.72. The minimum atomic E-state index is -1.26. The van der Waals surface area contributed by atoms with E-state index in [1.807, 2.05) is 5.38 Å². The molecule has 0 spiro atoms. The molecule has 0 amide bonds. The predicted octanol–water partition coefficient (Wildman–Crippen LogP) is 3.44. The molecule has 2 heterocycles. The molecule has 0 saturated carbocycles. The number of non-ortho nitro benzene ring substituents is 1. The van der Waals surface area contributed by atoms with Crippen molar-refractivity contribution in [2.24, 2.45) is 5.92 Å². The summed E-state index contributed by atoms with van der Waals surface area (Å²) in [7, 11) is 0. The van der Waals surface area contributed by atoms with Crippen LogP contribution >= 0.6 is 11.3 Å². The monoisotopic (exact) mass is 371 g/mol. The fourth-order valence-corrected chi connectivity index (χ4v) is 4.51. The van der Waals surface area contributed by atoms with Gasteiger partial charge in [-0.1, -0.05) is 26.0 Å². The molecule has 1 atom stereocenters. The Labute approximate surface area is 155 Å². The van der Waals surface area contributed by atoms with Gasteiger partial charge < -0.3 is 15.2 Å². The minimum Gasteiger partial charge on any atom is -0.545 e. The van der Waals surface area contributed by atoms with Gasteiger partial charge in [0.25, 0.3) is 5.69 Å². The van der Waals surface area contributed by atoms with Crippen molar-refractivity contribution >= 4 is 28.0 Å². The van der Waals surface area contributed by atoms with Crippen molar-refractivity contribution in [3.63, 3.8) is 0 Å². The third kappa shape index (κ3) is 3.22. The Morgan fingerprint density at radius 2 is 2.12 bits per heavy atom. The number of nitro groups is 1. The normalized spacial score (nSPS) is 16.4. The Bertz CT molecular complexity index is 914. The number of carbonyl (C=O) groups is 1. The van der Waals surface area contributed by atoms with Gasteiger partial charge in [0.2, 0.25) is 0 Å². The Morgan fingerprint density at radius 3 is 2.73 bits per heavy atom. The maximum absolute atomic E-state index is 11.9. The zero-order valence-corrected chi connectivity index (χ0v) is 15.6. The first-order valence-corrected chi connectivity index (χ1v) is 9.21. The second-order valence-electron chi connectivity index (χ2n) is 6.84. The molecule has 0 radical (unpaired) electrons.